The lowest BCUT2D eigenvalue weighted by Crippen LogP contribution is -2.18. The molecule has 0 unspecified atom stereocenters. The maximum absolute atomic E-state index is 12.7. The third-order valence-electron chi connectivity index (χ3n) is 4.51. The number of nitrogens with one attached hydrogen (secondary N) is 3. The van der Waals surface area contributed by atoms with Gasteiger partial charge in [0, 0.05) is 23.7 Å². The molecule has 5 N–H and O–H groups in total. The number of carbonyl (C=O) groups excluding carboxylic acids is 3. The van der Waals surface area contributed by atoms with E-state index in [1.165, 1.54) is 19.1 Å². The fourth-order valence-electron chi connectivity index (χ4n) is 3.11. The van der Waals surface area contributed by atoms with Crippen LogP contribution in [-0.2, 0) is 9.59 Å². The van der Waals surface area contributed by atoms with Crippen LogP contribution in [0.2, 0.25) is 0 Å². The minimum Gasteiger partial charge on any atom is -0.366 e. The lowest BCUT2D eigenvalue weighted by atomic mass is 10.0. The number of benzene rings is 2. The van der Waals surface area contributed by atoms with Crippen LogP contribution in [0.4, 0.5) is 11.4 Å². The number of carbonyl (C=O) groups is 3. The average molecular weight is 467 g/mol. The number of rotatable bonds is 7. The summed E-state index contributed by atoms with van der Waals surface area (Å²) < 4.78 is 0. The molecule has 0 aliphatic carbocycles. The summed E-state index contributed by atoms with van der Waals surface area (Å²) in [5, 5.41) is 13.7. The molecule has 3 rings (SSSR count). The number of thioether (sulfide) groups is 1. The smallest absolute Gasteiger partial charge is 0.278 e. The van der Waals surface area contributed by atoms with E-state index in [0.717, 1.165) is 22.9 Å². The van der Waals surface area contributed by atoms with Crippen molar-refractivity contribution < 1.29 is 14.4 Å². The molecule has 0 spiro atoms. The van der Waals surface area contributed by atoms with Crippen molar-refractivity contribution in [1.82, 2.24) is 15.2 Å². The number of H-pyrrole nitrogens is 1. The minimum absolute atomic E-state index is 0.0256. The van der Waals surface area contributed by atoms with Gasteiger partial charge in [-0.1, -0.05) is 23.4 Å². The van der Waals surface area contributed by atoms with Crippen LogP contribution in [0.3, 0.4) is 0 Å². The summed E-state index contributed by atoms with van der Waals surface area (Å²) in [6.07, 6.45) is 0. The predicted molar refractivity (Wildman–Crippen MR) is 126 cm³/mol. The predicted octanol–water partition coefficient (Wildman–Crippen LogP) is 2.24. The number of hydrogen-bond acceptors (Lipinski definition) is 7. The van der Waals surface area contributed by atoms with Gasteiger partial charge in [0.2, 0.25) is 17.7 Å². The molecule has 1 aromatic heterocycles. The van der Waals surface area contributed by atoms with Crippen LogP contribution in [0.25, 0.3) is 11.3 Å². The Kier molecular flexibility index (Phi) is 7.23. The van der Waals surface area contributed by atoms with Gasteiger partial charge in [0.15, 0.2) is 10.9 Å². The lowest BCUT2D eigenvalue weighted by molar-refractivity contribution is -0.114. The summed E-state index contributed by atoms with van der Waals surface area (Å²) in [6, 6.07) is 9.79. The van der Waals surface area contributed by atoms with Crippen molar-refractivity contribution in [3.05, 3.63) is 63.4 Å². The first kappa shape index (κ1) is 23.7. The van der Waals surface area contributed by atoms with E-state index >= 15 is 0 Å². The minimum atomic E-state index is -0.556. The van der Waals surface area contributed by atoms with Gasteiger partial charge in [0.1, 0.15) is 0 Å². The summed E-state index contributed by atoms with van der Waals surface area (Å²) in [5.74, 6) is -1.18. The molecule has 170 valence electrons. The van der Waals surface area contributed by atoms with Gasteiger partial charge in [-0.2, -0.15) is 0 Å². The number of nitrogens with two attached hydrogens (primary N) is 1. The van der Waals surface area contributed by atoms with Gasteiger partial charge in [0.05, 0.1) is 11.4 Å². The van der Waals surface area contributed by atoms with Crippen molar-refractivity contribution in [3.8, 4) is 11.3 Å². The van der Waals surface area contributed by atoms with E-state index in [1.807, 2.05) is 19.9 Å². The van der Waals surface area contributed by atoms with E-state index in [0.29, 0.717) is 22.5 Å². The van der Waals surface area contributed by atoms with Crippen LogP contribution in [0.1, 0.15) is 28.4 Å². The van der Waals surface area contributed by atoms with Gasteiger partial charge in [-0.3, -0.25) is 24.2 Å². The maximum atomic E-state index is 12.7. The molecule has 1 heterocycles. The van der Waals surface area contributed by atoms with Crippen LogP contribution >= 0.6 is 11.8 Å². The molecule has 0 saturated heterocycles. The molecule has 11 heteroatoms. The molecule has 0 aliphatic heterocycles. The number of amides is 3. The fraction of sp³-hybridized carbons (Fsp3) is 0.182. The van der Waals surface area contributed by atoms with E-state index in [2.05, 4.69) is 25.8 Å². The first-order valence-corrected chi connectivity index (χ1v) is 10.8. The number of aryl methyl sites for hydroxylation is 2. The van der Waals surface area contributed by atoms with Gasteiger partial charge in [-0.25, -0.2) is 0 Å². The van der Waals surface area contributed by atoms with Crippen molar-refractivity contribution >= 4 is 40.9 Å². The first-order chi connectivity index (χ1) is 15.6. The first-order valence-electron chi connectivity index (χ1n) is 9.82. The topological polar surface area (TPSA) is 160 Å². The summed E-state index contributed by atoms with van der Waals surface area (Å²) >= 11 is 1.01. The number of aromatic amines is 1. The molecule has 0 saturated carbocycles. The zero-order chi connectivity index (χ0) is 24.1. The standard InChI is InChI=1S/C22H22N6O4S/c1-11-8-12(2)18(24-13(3)29)16(9-11)19-21(32)26-22(28-27-19)33-10-17(30)25-15-6-4-14(5-7-15)20(23)31/h4-9H,10H2,1-3H3,(H2,23,31)(H,24,29)(H,25,30)(H,26,28,32). The summed E-state index contributed by atoms with van der Waals surface area (Å²) in [5.41, 5.74) is 8.25. The van der Waals surface area contributed by atoms with Crippen molar-refractivity contribution in [1.29, 1.82) is 0 Å². The molecule has 0 bridgehead atoms. The Balaban J connectivity index is 1.73. The van der Waals surface area contributed by atoms with E-state index in [1.54, 1.807) is 18.2 Å². The van der Waals surface area contributed by atoms with E-state index in [9.17, 15) is 19.2 Å². The molecule has 10 nitrogen and oxygen atoms in total. The Morgan fingerprint density at radius 2 is 1.76 bits per heavy atom. The molecule has 2 aromatic carbocycles. The number of aromatic nitrogens is 3. The Morgan fingerprint density at radius 3 is 2.36 bits per heavy atom. The quantitative estimate of drug-likeness (QED) is 0.388. The molecule has 0 atom stereocenters. The SMILES string of the molecule is CC(=O)Nc1c(C)cc(C)cc1-c1nnc(SCC(=O)Nc2ccc(C(N)=O)cc2)[nH]c1=O. The molecule has 0 radical (unpaired) electrons. The zero-order valence-corrected chi connectivity index (χ0v) is 19.0. The van der Waals surface area contributed by atoms with Crippen molar-refractivity contribution in [2.45, 2.75) is 25.9 Å². The maximum Gasteiger partial charge on any atom is 0.278 e. The molecule has 3 amide bonds. The number of nitrogens with zero attached hydrogens (tertiary/aromatic N) is 2. The lowest BCUT2D eigenvalue weighted by Gasteiger charge is -2.13. The normalized spacial score (nSPS) is 10.5. The second-order valence-electron chi connectivity index (χ2n) is 7.27. The van der Waals surface area contributed by atoms with Gasteiger partial charge in [0.25, 0.3) is 5.56 Å². The van der Waals surface area contributed by atoms with E-state index in [-0.39, 0.29) is 28.4 Å². The second kappa shape index (κ2) is 10.1. The van der Waals surface area contributed by atoms with Crippen molar-refractivity contribution in [3.63, 3.8) is 0 Å². The Morgan fingerprint density at radius 1 is 1.06 bits per heavy atom. The molecular weight excluding hydrogens is 444 g/mol. The highest BCUT2D eigenvalue weighted by molar-refractivity contribution is 7.99. The number of anilines is 2. The van der Waals surface area contributed by atoms with Crippen LogP contribution in [0.15, 0.2) is 46.3 Å². The largest absolute Gasteiger partial charge is 0.366 e. The molecule has 0 aliphatic rings. The molecular formula is C22H22N6O4S. The van der Waals surface area contributed by atoms with E-state index < -0.39 is 11.5 Å². The van der Waals surface area contributed by atoms with Gasteiger partial charge >= 0.3 is 0 Å². The Hall–Kier alpha value is -3.99. The zero-order valence-electron chi connectivity index (χ0n) is 18.2. The highest BCUT2D eigenvalue weighted by Gasteiger charge is 2.16. The van der Waals surface area contributed by atoms with Crippen LogP contribution in [0, 0.1) is 13.8 Å². The van der Waals surface area contributed by atoms with Crippen LogP contribution in [0.5, 0.6) is 0 Å². The van der Waals surface area contributed by atoms with Crippen LogP contribution in [-0.4, -0.2) is 38.7 Å². The van der Waals surface area contributed by atoms with Crippen LogP contribution < -0.4 is 21.9 Å². The van der Waals surface area contributed by atoms with Crippen molar-refractivity contribution in [2.75, 3.05) is 16.4 Å². The third kappa shape index (κ3) is 6.04. The van der Waals surface area contributed by atoms with Gasteiger partial charge in [-0.05, 0) is 49.7 Å². The average Bonchev–Trinajstić information content (AvgIpc) is 2.74. The molecule has 33 heavy (non-hydrogen) atoms. The van der Waals surface area contributed by atoms with Gasteiger partial charge in [-0.15, -0.1) is 10.2 Å². The van der Waals surface area contributed by atoms with Gasteiger partial charge < -0.3 is 16.4 Å². The second-order valence-corrected chi connectivity index (χ2v) is 8.24. The summed E-state index contributed by atoms with van der Waals surface area (Å²) in [4.78, 5) is 50.2. The highest BCUT2D eigenvalue weighted by Crippen LogP contribution is 2.29. The molecule has 3 aromatic rings. The van der Waals surface area contributed by atoms with E-state index in [4.69, 9.17) is 5.73 Å². The Labute approximate surface area is 193 Å². The monoisotopic (exact) mass is 466 g/mol. The summed E-state index contributed by atoms with van der Waals surface area (Å²) in [7, 11) is 0. The Bertz CT molecular complexity index is 1290. The van der Waals surface area contributed by atoms with Crippen molar-refractivity contribution in [2.24, 2.45) is 5.73 Å². The summed E-state index contributed by atoms with van der Waals surface area (Å²) in [6.45, 7) is 5.09. The highest BCUT2D eigenvalue weighted by atomic mass is 32.2. The number of primary amides is 1. The third-order valence-corrected chi connectivity index (χ3v) is 5.37. The number of hydrogen-bond donors (Lipinski definition) is 4. The molecule has 0 fully saturated rings. The fourth-order valence-corrected chi connectivity index (χ4v) is 3.71.